The van der Waals surface area contributed by atoms with Crippen molar-refractivity contribution < 1.29 is 17.9 Å². The van der Waals surface area contributed by atoms with Gasteiger partial charge in [-0.15, -0.1) is 0 Å². The van der Waals surface area contributed by atoms with Crippen molar-refractivity contribution in [3.8, 4) is 0 Å². The number of H-pyrrole nitrogens is 1. The molecule has 4 N–H and O–H groups in total. The zero-order valence-electron chi connectivity index (χ0n) is 11.3. The van der Waals surface area contributed by atoms with Crippen LogP contribution < -0.4 is 10.5 Å². The molecular formula is C11H18N4O4S. The molecule has 1 fully saturated rings. The van der Waals surface area contributed by atoms with E-state index in [4.69, 9.17) is 9.88 Å². The minimum Gasteiger partial charge on any atom is -0.381 e. The van der Waals surface area contributed by atoms with E-state index >= 15 is 0 Å². The number of primary sulfonamides is 1. The summed E-state index contributed by atoms with van der Waals surface area (Å²) in [4.78, 5) is 11.9. The summed E-state index contributed by atoms with van der Waals surface area (Å²) in [6, 6.07) is -0.0437. The average molecular weight is 302 g/mol. The molecule has 1 aromatic rings. The number of aromatic amines is 1. The fraction of sp³-hybridized carbons (Fsp3) is 0.636. The molecule has 9 heteroatoms. The first kappa shape index (κ1) is 14.9. The third-order valence-electron chi connectivity index (χ3n) is 3.44. The van der Waals surface area contributed by atoms with Gasteiger partial charge in [0.05, 0.1) is 11.8 Å². The van der Waals surface area contributed by atoms with Crippen molar-refractivity contribution in [2.45, 2.75) is 43.2 Å². The molecule has 1 aliphatic rings. The third kappa shape index (κ3) is 3.00. The summed E-state index contributed by atoms with van der Waals surface area (Å²) in [7, 11) is -2.36. The first-order chi connectivity index (χ1) is 9.32. The highest BCUT2D eigenvalue weighted by atomic mass is 32.2. The Morgan fingerprint density at radius 3 is 2.75 bits per heavy atom. The van der Waals surface area contributed by atoms with Crippen LogP contribution in [-0.2, 0) is 14.8 Å². The maximum atomic E-state index is 12.1. The fourth-order valence-electron chi connectivity index (χ4n) is 2.46. The Kier molecular flexibility index (Phi) is 4.11. The maximum Gasteiger partial charge on any atom is 0.273 e. The Hall–Kier alpha value is -1.45. The van der Waals surface area contributed by atoms with Gasteiger partial charge in [0.15, 0.2) is 5.69 Å². The second kappa shape index (κ2) is 5.51. The Balaban J connectivity index is 2.15. The summed E-state index contributed by atoms with van der Waals surface area (Å²) < 4.78 is 28.2. The van der Waals surface area contributed by atoms with Crippen LogP contribution in [0.3, 0.4) is 0 Å². The molecule has 0 aliphatic heterocycles. The molecule has 1 amide bonds. The summed E-state index contributed by atoms with van der Waals surface area (Å²) >= 11 is 0. The van der Waals surface area contributed by atoms with Crippen molar-refractivity contribution in [1.29, 1.82) is 0 Å². The molecule has 112 valence electrons. The second-order valence-corrected chi connectivity index (χ2v) is 6.41. The molecule has 1 aromatic heterocycles. The molecule has 0 spiro atoms. The quantitative estimate of drug-likeness (QED) is 0.701. The predicted molar refractivity (Wildman–Crippen MR) is 70.6 cm³/mol. The number of nitrogens with one attached hydrogen (secondary N) is 2. The van der Waals surface area contributed by atoms with Crippen LogP contribution >= 0.6 is 0 Å². The number of rotatable bonds is 4. The topological polar surface area (TPSA) is 127 Å². The van der Waals surface area contributed by atoms with Gasteiger partial charge in [-0.3, -0.25) is 9.89 Å². The van der Waals surface area contributed by atoms with Gasteiger partial charge in [0.2, 0.25) is 10.0 Å². The molecule has 8 nitrogen and oxygen atoms in total. The van der Waals surface area contributed by atoms with Crippen molar-refractivity contribution in [2.75, 3.05) is 7.11 Å². The number of aromatic nitrogens is 2. The van der Waals surface area contributed by atoms with Gasteiger partial charge in [0.25, 0.3) is 5.91 Å². The van der Waals surface area contributed by atoms with E-state index in [9.17, 15) is 13.2 Å². The van der Waals surface area contributed by atoms with E-state index in [0.717, 1.165) is 12.8 Å². The number of sulfonamides is 1. The Morgan fingerprint density at radius 2 is 2.20 bits per heavy atom. The molecule has 0 bridgehead atoms. The highest BCUT2D eigenvalue weighted by molar-refractivity contribution is 7.89. The number of nitrogens with zero attached hydrogens (tertiary/aromatic N) is 1. The van der Waals surface area contributed by atoms with Crippen molar-refractivity contribution in [3.63, 3.8) is 0 Å². The number of amides is 1. The smallest absolute Gasteiger partial charge is 0.273 e. The Morgan fingerprint density at radius 1 is 1.50 bits per heavy atom. The molecule has 1 heterocycles. The Bertz CT molecular complexity index is 610. The number of carbonyl (C=O) groups excluding carboxylic acids is 1. The van der Waals surface area contributed by atoms with Crippen LogP contribution in [0.25, 0.3) is 0 Å². The SMILES string of the molecule is COC1CCC(NC(=O)c2n[nH]c(C)c2S(N)(=O)=O)C1. The number of hydrogen-bond acceptors (Lipinski definition) is 5. The van der Waals surface area contributed by atoms with E-state index in [-0.39, 0.29) is 28.4 Å². The molecular weight excluding hydrogens is 284 g/mol. The van der Waals surface area contributed by atoms with Crippen LogP contribution in [0.15, 0.2) is 4.90 Å². The maximum absolute atomic E-state index is 12.1. The molecule has 2 unspecified atom stereocenters. The number of hydrogen-bond donors (Lipinski definition) is 3. The molecule has 2 atom stereocenters. The van der Waals surface area contributed by atoms with Crippen LogP contribution in [0.2, 0.25) is 0 Å². The van der Waals surface area contributed by atoms with Gasteiger partial charge in [-0.2, -0.15) is 5.10 Å². The van der Waals surface area contributed by atoms with E-state index < -0.39 is 15.9 Å². The summed E-state index contributed by atoms with van der Waals surface area (Å²) in [5, 5.41) is 14.1. The second-order valence-electron chi connectivity index (χ2n) is 4.91. The van der Waals surface area contributed by atoms with Gasteiger partial charge in [-0.1, -0.05) is 0 Å². The van der Waals surface area contributed by atoms with Crippen LogP contribution in [0.1, 0.15) is 35.4 Å². The standard InChI is InChI=1S/C11H18N4O4S/c1-6-10(20(12,17)18)9(15-14-6)11(16)13-7-3-4-8(5-7)19-2/h7-8H,3-5H2,1-2H3,(H,13,16)(H,14,15)(H2,12,17,18). The largest absolute Gasteiger partial charge is 0.381 e. The van der Waals surface area contributed by atoms with Crippen LogP contribution in [0.5, 0.6) is 0 Å². The zero-order valence-corrected chi connectivity index (χ0v) is 12.2. The van der Waals surface area contributed by atoms with E-state index in [2.05, 4.69) is 15.5 Å². The van der Waals surface area contributed by atoms with Gasteiger partial charge >= 0.3 is 0 Å². The summed E-state index contributed by atoms with van der Waals surface area (Å²) in [5.74, 6) is -0.542. The van der Waals surface area contributed by atoms with Crippen LogP contribution in [0.4, 0.5) is 0 Å². The monoisotopic (exact) mass is 302 g/mol. The fourth-order valence-corrected chi connectivity index (χ4v) is 3.34. The van der Waals surface area contributed by atoms with E-state index in [1.54, 1.807) is 7.11 Å². The zero-order chi connectivity index (χ0) is 14.9. The average Bonchev–Trinajstić information content (AvgIpc) is 2.94. The molecule has 0 aromatic carbocycles. The molecule has 1 saturated carbocycles. The third-order valence-corrected chi connectivity index (χ3v) is 4.51. The number of ether oxygens (including phenoxy) is 1. The van der Waals surface area contributed by atoms with Crippen molar-refractivity contribution >= 4 is 15.9 Å². The van der Waals surface area contributed by atoms with Gasteiger partial charge < -0.3 is 10.1 Å². The lowest BCUT2D eigenvalue weighted by Gasteiger charge is -2.12. The number of methoxy groups -OCH3 is 1. The minimum absolute atomic E-state index is 0.0437. The molecule has 0 saturated heterocycles. The van der Waals surface area contributed by atoms with Gasteiger partial charge in [0, 0.05) is 13.2 Å². The lowest BCUT2D eigenvalue weighted by Crippen LogP contribution is -2.34. The Labute approximate surface area is 117 Å². The normalized spacial score (nSPS) is 22.9. The molecule has 2 rings (SSSR count). The summed E-state index contributed by atoms with van der Waals surface area (Å²) in [6.45, 7) is 1.50. The lowest BCUT2D eigenvalue weighted by molar-refractivity contribution is 0.0907. The number of aryl methyl sites for hydroxylation is 1. The molecule has 1 aliphatic carbocycles. The van der Waals surface area contributed by atoms with Gasteiger partial charge in [-0.25, -0.2) is 13.6 Å². The lowest BCUT2D eigenvalue weighted by atomic mass is 10.2. The summed E-state index contributed by atoms with van der Waals surface area (Å²) in [5.41, 5.74) is 0.0599. The minimum atomic E-state index is -3.99. The van der Waals surface area contributed by atoms with Crippen molar-refractivity contribution in [2.24, 2.45) is 5.14 Å². The number of carbonyl (C=O) groups is 1. The van der Waals surface area contributed by atoms with Crippen LogP contribution in [0, 0.1) is 6.92 Å². The van der Waals surface area contributed by atoms with Gasteiger partial charge in [0.1, 0.15) is 4.90 Å². The summed E-state index contributed by atoms with van der Waals surface area (Å²) in [6.07, 6.45) is 2.48. The van der Waals surface area contributed by atoms with Crippen LogP contribution in [-0.4, -0.2) is 43.8 Å². The molecule has 0 radical (unpaired) electrons. The van der Waals surface area contributed by atoms with Crippen molar-refractivity contribution in [1.82, 2.24) is 15.5 Å². The van der Waals surface area contributed by atoms with Crippen molar-refractivity contribution in [3.05, 3.63) is 11.4 Å². The molecule has 20 heavy (non-hydrogen) atoms. The predicted octanol–water partition coefficient (Wildman–Crippen LogP) is -0.337. The number of nitrogens with two attached hydrogens (primary N) is 1. The highest BCUT2D eigenvalue weighted by Gasteiger charge is 2.30. The van der Waals surface area contributed by atoms with E-state index in [0.29, 0.717) is 6.42 Å². The highest BCUT2D eigenvalue weighted by Crippen LogP contribution is 2.22. The van der Waals surface area contributed by atoms with Gasteiger partial charge in [-0.05, 0) is 26.2 Å². The van der Waals surface area contributed by atoms with E-state index in [1.807, 2.05) is 0 Å². The first-order valence-corrected chi connectivity index (χ1v) is 7.79. The first-order valence-electron chi connectivity index (χ1n) is 6.24. The van der Waals surface area contributed by atoms with E-state index in [1.165, 1.54) is 6.92 Å².